The zero-order valence-corrected chi connectivity index (χ0v) is 16.7. The van der Waals surface area contributed by atoms with E-state index >= 15 is 0 Å². The molecule has 6 nitrogen and oxygen atoms in total. The van der Waals surface area contributed by atoms with Crippen molar-refractivity contribution in [2.24, 2.45) is 0 Å². The number of aliphatic hydroxyl groups is 2. The second-order valence-electron chi connectivity index (χ2n) is 6.37. The van der Waals surface area contributed by atoms with Gasteiger partial charge in [0.1, 0.15) is 36.9 Å². The molecule has 0 spiro atoms. The van der Waals surface area contributed by atoms with Crippen molar-refractivity contribution in [2.75, 3.05) is 52.5 Å². The molecule has 26 heavy (non-hydrogen) atoms. The van der Waals surface area contributed by atoms with Gasteiger partial charge in [-0.25, -0.2) is 0 Å². The van der Waals surface area contributed by atoms with E-state index < -0.39 is 12.2 Å². The first-order chi connectivity index (χ1) is 12.5. The Kier molecular flexibility index (Phi) is 11.3. The highest BCUT2D eigenvalue weighted by molar-refractivity contribution is 5.31. The number of hydrogen-bond donors (Lipinski definition) is 2. The van der Waals surface area contributed by atoms with E-state index in [1.165, 1.54) is 0 Å². The molecule has 2 atom stereocenters. The molecule has 0 saturated carbocycles. The molecule has 0 saturated heterocycles. The SMILES string of the molecule is CCN(CC)CC(O)COc1ccc(OCC(O)CN(CC)CC)cc1. The van der Waals surface area contributed by atoms with E-state index in [9.17, 15) is 10.2 Å². The third kappa shape index (κ3) is 8.85. The van der Waals surface area contributed by atoms with Gasteiger partial charge in [0.2, 0.25) is 0 Å². The van der Waals surface area contributed by atoms with Crippen molar-refractivity contribution in [2.45, 2.75) is 39.9 Å². The molecule has 2 unspecified atom stereocenters. The number of aliphatic hydroxyl groups excluding tert-OH is 2. The van der Waals surface area contributed by atoms with E-state index in [0.717, 1.165) is 26.2 Å². The van der Waals surface area contributed by atoms with E-state index in [-0.39, 0.29) is 13.2 Å². The second-order valence-corrected chi connectivity index (χ2v) is 6.37. The molecule has 0 heterocycles. The predicted molar refractivity (Wildman–Crippen MR) is 105 cm³/mol. The standard InChI is InChI=1S/C20H36N2O4/c1-5-21(6-2)13-17(23)15-25-19-9-11-20(12-10-19)26-16-18(24)14-22(7-3)8-4/h9-12,17-18,23-24H,5-8,13-16H2,1-4H3. The van der Waals surface area contributed by atoms with Gasteiger partial charge in [0, 0.05) is 13.1 Å². The normalized spacial score (nSPS) is 13.8. The number of hydrogen-bond acceptors (Lipinski definition) is 6. The van der Waals surface area contributed by atoms with Crippen molar-refractivity contribution in [1.29, 1.82) is 0 Å². The van der Waals surface area contributed by atoms with Crippen LogP contribution >= 0.6 is 0 Å². The minimum atomic E-state index is -0.513. The van der Waals surface area contributed by atoms with Crippen molar-refractivity contribution in [1.82, 2.24) is 9.80 Å². The van der Waals surface area contributed by atoms with Crippen LogP contribution in [0.2, 0.25) is 0 Å². The smallest absolute Gasteiger partial charge is 0.119 e. The average molecular weight is 369 g/mol. The van der Waals surface area contributed by atoms with Crippen molar-refractivity contribution in [3.63, 3.8) is 0 Å². The lowest BCUT2D eigenvalue weighted by molar-refractivity contribution is 0.0702. The molecule has 1 aromatic carbocycles. The Balaban J connectivity index is 2.34. The Morgan fingerprint density at radius 1 is 0.692 bits per heavy atom. The number of benzene rings is 1. The molecule has 0 radical (unpaired) electrons. The summed E-state index contributed by atoms with van der Waals surface area (Å²) in [6.45, 7) is 13.7. The van der Waals surface area contributed by atoms with Gasteiger partial charge in [-0.3, -0.25) is 0 Å². The molecule has 0 amide bonds. The van der Waals surface area contributed by atoms with Gasteiger partial charge >= 0.3 is 0 Å². The van der Waals surface area contributed by atoms with Gasteiger partial charge in [0.25, 0.3) is 0 Å². The number of nitrogens with zero attached hydrogens (tertiary/aromatic N) is 2. The lowest BCUT2D eigenvalue weighted by Crippen LogP contribution is -2.35. The highest BCUT2D eigenvalue weighted by Gasteiger charge is 2.11. The van der Waals surface area contributed by atoms with Crippen LogP contribution in [0, 0.1) is 0 Å². The zero-order valence-electron chi connectivity index (χ0n) is 16.7. The zero-order chi connectivity index (χ0) is 19.4. The molecular formula is C20H36N2O4. The highest BCUT2D eigenvalue weighted by Crippen LogP contribution is 2.18. The summed E-state index contributed by atoms with van der Waals surface area (Å²) >= 11 is 0. The van der Waals surface area contributed by atoms with Crippen molar-refractivity contribution in [3.8, 4) is 11.5 Å². The lowest BCUT2D eigenvalue weighted by atomic mass is 10.3. The Morgan fingerprint density at radius 3 is 1.27 bits per heavy atom. The first-order valence-electron chi connectivity index (χ1n) is 9.68. The molecule has 150 valence electrons. The minimum absolute atomic E-state index is 0.263. The summed E-state index contributed by atoms with van der Waals surface area (Å²) in [5.74, 6) is 1.39. The van der Waals surface area contributed by atoms with E-state index in [0.29, 0.717) is 24.6 Å². The van der Waals surface area contributed by atoms with Crippen LogP contribution in [-0.2, 0) is 0 Å². The third-order valence-corrected chi connectivity index (χ3v) is 4.44. The predicted octanol–water partition coefficient (Wildman–Crippen LogP) is 1.85. The second kappa shape index (κ2) is 12.9. The first kappa shape index (κ1) is 22.7. The van der Waals surface area contributed by atoms with Gasteiger partial charge in [-0.05, 0) is 50.4 Å². The topological polar surface area (TPSA) is 65.4 Å². The van der Waals surface area contributed by atoms with E-state index in [1.54, 1.807) is 0 Å². The van der Waals surface area contributed by atoms with Crippen LogP contribution in [0.4, 0.5) is 0 Å². The summed E-state index contributed by atoms with van der Waals surface area (Å²) in [7, 11) is 0. The number of rotatable bonds is 14. The Morgan fingerprint density at radius 2 is 1.00 bits per heavy atom. The quantitative estimate of drug-likeness (QED) is 0.522. The fourth-order valence-corrected chi connectivity index (χ4v) is 2.68. The number of likely N-dealkylation sites (N-methyl/N-ethyl adjacent to an activating group) is 2. The number of ether oxygens (including phenoxy) is 2. The molecule has 6 heteroatoms. The molecule has 0 aliphatic heterocycles. The molecule has 0 fully saturated rings. The van der Waals surface area contributed by atoms with E-state index in [4.69, 9.17) is 9.47 Å². The van der Waals surface area contributed by atoms with Gasteiger partial charge in [0.15, 0.2) is 0 Å². The fourth-order valence-electron chi connectivity index (χ4n) is 2.68. The summed E-state index contributed by atoms with van der Waals surface area (Å²) in [5.41, 5.74) is 0. The monoisotopic (exact) mass is 368 g/mol. The maximum atomic E-state index is 10.0. The highest BCUT2D eigenvalue weighted by atomic mass is 16.5. The Labute approximate surface area is 158 Å². The largest absolute Gasteiger partial charge is 0.491 e. The average Bonchev–Trinajstić information content (AvgIpc) is 2.67. The first-order valence-corrected chi connectivity index (χ1v) is 9.68. The molecule has 1 aromatic rings. The van der Waals surface area contributed by atoms with Crippen LogP contribution in [-0.4, -0.2) is 84.7 Å². The molecule has 0 aliphatic rings. The van der Waals surface area contributed by atoms with Gasteiger partial charge in [0.05, 0.1) is 0 Å². The van der Waals surface area contributed by atoms with E-state index in [2.05, 4.69) is 37.5 Å². The third-order valence-electron chi connectivity index (χ3n) is 4.44. The van der Waals surface area contributed by atoms with Crippen LogP contribution in [0.3, 0.4) is 0 Å². The maximum absolute atomic E-state index is 10.0. The van der Waals surface area contributed by atoms with Crippen LogP contribution in [0.5, 0.6) is 11.5 Å². The summed E-state index contributed by atoms with van der Waals surface area (Å²) in [6, 6.07) is 7.26. The summed E-state index contributed by atoms with van der Waals surface area (Å²) in [5, 5.41) is 20.1. The van der Waals surface area contributed by atoms with Crippen molar-refractivity contribution in [3.05, 3.63) is 24.3 Å². The summed E-state index contributed by atoms with van der Waals surface area (Å²) in [6.07, 6.45) is -1.03. The molecule has 1 rings (SSSR count). The van der Waals surface area contributed by atoms with Crippen molar-refractivity contribution >= 4 is 0 Å². The van der Waals surface area contributed by atoms with Gasteiger partial charge in [-0.2, -0.15) is 0 Å². The van der Waals surface area contributed by atoms with E-state index in [1.807, 2.05) is 24.3 Å². The Hall–Kier alpha value is -1.34. The maximum Gasteiger partial charge on any atom is 0.119 e. The molecular weight excluding hydrogens is 332 g/mol. The van der Waals surface area contributed by atoms with Crippen LogP contribution in [0.15, 0.2) is 24.3 Å². The van der Waals surface area contributed by atoms with Crippen molar-refractivity contribution < 1.29 is 19.7 Å². The minimum Gasteiger partial charge on any atom is -0.491 e. The molecule has 2 N–H and O–H groups in total. The van der Waals surface area contributed by atoms with Crippen LogP contribution in [0.25, 0.3) is 0 Å². The van der Waals surface area contributed by atoms with Crippen LogP contribution < -0.4 is 9.47 Å². The fraction of sp³-hybridized carbons (Fsp3) is 0.700. The van der Waals surface area contributed by atoms with Gasteiger partial charge < -0.3 is 29.5 Å². The summed E-state index contributed by atoms with van der Waals surface area (Å²) < 4.78 is 11.3. The molecule has 0 aliphatic carbocycles. The van der Waals surface area contributed by atoms with Gasteiger partial charge in [-0.1, -0.05) is 27.7 Å². The Bertz CT molecular complexity index is 418. The van der Waals surface area contributed by atoms with Crippen LogP contribution in [0.1, 0.15) is 27.7 Å². The van der Waals surface area contributed by atoms with Gasteiger partial charge in [-0.15, -0.1) is 0 Å². The molecule has 0 aromatic heterocycles. The lowest BCUT2D eigenvalue weighted by Gasteiger charge is -2.22. The summed E-state index contributed by atoms with van der Waals surface area (Å²) in [4.78, 5) is 4.32. The molecule has 0 bridgehead atoms.